The van der Waals surface area contributed by atoms with Gasteiger partial charge in [0.2, 0.25) is 0 Å². The molecule has 4 heteroatoms. The molecule has 0 saturated heterocycles. The van der Waals surface area contributed by atoms with Gasteiger partial charge in [0, 0.05) is 12.0 Å². The second-order valence-corrected chi connectivity index (χ2v) is 4.42. The molecule has 0 fully saturated rings. The number of ether oxygens (including phenoxy) is 1. The summed E-state index contributed by atoms with van der Waals surface area (Å²) in [7, 11) is 1.69. The first-order valence-corrected chi connectivity index (χ1v) is 6.05. The summed E-state index contributed by atoms with van der Waals surface area (Å²) in [4.78, 5) is 7.60. The molecule has 2 rings (SSSR count). The van der Waals surface area contributed by atoms with Crippen LogP contribution in [-0.4, -0.2) is 23.6 Å². The molecule has 0 atom stereocenters. The van der Waals surface area contributed by atoms with Crippen molar-refractivity contribution < 1.29 is 4.74 Å². The Balaban J connectivity index is 2.45. The zero-order valence-electron chi connectivity index (χ0n) is 11.1. The molecule has 0 aliphatic rings. The van der Waals surface area contributed by atoms with Gasteiger partial charge >= 0.3 is 0 Å². The summed E-state index contributed by atoms with van der Waals surface area (Å²) in [6.07, 6.45) is 2.59. The fraction of sp³-hybridized carbons (Fsp3) is 0.357. The minimum Gasteiger partial charge on any atom is -0.496 e. The van der Waals surface area contributed by atoms with E-state index in [1.54, 1.807) is 7.11 Å². The highest BCUT2D eigenvalue weighted by molar-refractivity contribution is 5.68. The van der Waals surface area contributed by atoms with Crippen LogP contribution >= 0.6 is 0 Å². The number of imidazole rings is 1. The van der Waals surface area contributed by atoms with E-state index in [0.29, 0.717) is 6.54 Å². The lowest BCUT2D eigenvalue weighted by Gasteiger charge is -2.10. The molecule has 0 radical (unpaired) electrons. The molecule has 4 nitrogen and oxygen atoms in total. The first-order valence-electron chi connectivity index (χ1n) is 6.05. The number of nitrogens with one attached hydrogen (secondary N) is 1. The maximum absolute atomic E-state index is 5.52. The zero-order valence-corrected chi connectivity index (χ0v) is 11.1. The normalized spacial score (nSPS) is 10.7. The highest BCUT2D eigenvalue weighted by Gasteiger charge is 2.10. The van der Waals surface area contributed by atoms with Crippen molar-refractivity contribution in [2.75, 3.05) is 13.7 Å². The number of hydrogen-bond acceptors (Lipinski definition) is 3. The van der Waals surface area contributed by atoms with Gasteiger partial charge in [-0.1, -0.05) is 0 Å². The number of aromatic amines is 1. The van der Waals surface area contributed by atoms with Crippen LogP contribution in [0.3, 0.4) is 0 Å². The van der Waals surface area contributed by atoms with Crippen LogP contribution in [0.25, 0.3) is 11.3 Å². The van der Waals surface area contributed by atoms with E-state index < -0.39 is 0 Å². The van der Waals surface area contributed by atoms with Gasteiger partial charge in [-0.2, -0.15) is 0 Å². The molecule has 0 saturated carbocycles. The van der Waals surface area contributed by atoms with E-state index in [1.165, 1.54) is 11.1 Å². The van der Waals surface area contributed by atoms with Gasteiger partial charge in [0.25, 0.3) is 0 Å². The van der Waals surface area contributed by atoms with Crippen molar-refractivity contribution in [3.05, 3.63) is 35.3 Å². The Morgan fingerprint density at radius 2 is 2.00 bits per heavy atom. The van der Waals surface area contributed by atoms with Gasteiger partial charge in [-0.3, -0.25) is 0 Å². The van der Waals surface area contributed by atoms with E-state index in [9.17, 15) is 0 Å². The number of aromatic nitrogens is 2. The van der Waals surface area contributed by atoms with Gasteiger partial charge in [-0.25, -0.2) is 4.98 Å². The predicted molar refractivity (Wildman–Crippen MR) is 72.8 cm³/mol. The topological polar surface area (TPSA) is 63.9 Å². The van der Waals surface area contributed by atoms with Crippen LogP contribution < -0.4 is 10.5 Å². The summed E-state index contributed by atoms with van der Waals surface area (Å²) in [5, 5.41) is 0. The number of nitrogens with two attached hydrogens (primary N) is 1. The molecule has 2 aromatic rings. The highest BCUT2D eigenvalue weighted by Crippen LogP contribution is 2.31. The van der Waals surface area contributed by atoms with Crippen LogP contribution in [0.5, 0.6) is 5.75 Å². The summed E-state index contributed by atoms with van der Waals surface area (Å²) in [5.41, 5.74) is 9.99. The van der Waals surface area contributed by atoms with Crippen molar-refractivity contribution in [1.82, 2.24) is 9.97 Å². The molecular weight excluding hydrogens is 226 g/mol. The first-order chi connectivity index (χ1) is 8.65. The molecule has 0 aliphatic carbocycles. The Bertz CT molecular complexity index is 546. The molecule has 1 aromatic heterocycles. The third kappa shape index (κ3) is 2.38. The second-order valence-electron chi connectivity index (χ2n) is 4.42. The monoisotopic (exact) mass is 245 g/mol. The van der Waals surface area contributed by atoms with E-state index in [0.717, 1.165) is 29.3 Å². The van der Waals surface area contributed by atoms with E-state index >= 15 is 0 Å². The average Bonchev–Trinajstić information content (AvgIpc) is 2.81. The Kier molecular flexibility index (Phi) is 3.67. The third-order valence-electron chi connectivity index (χ3n) is 3.12. The fourth-order valence-corrected chi connectivity index (χ4v) is 1.93. The van der Waals surface area contributed by atoms with Crippen LogP contribution in [0, 0.1) is 13.8 Å². The minimum atomic E-state index is 0.594. The van der Waals surface area contributed by atoms with Crippen molar-refractivity contribution in [2.24, 2.45) is 5.73 Å². The fourth-order valence-electron chi connectivity index (χ4n) is 1.93. The van der Waals surface area contributed by atoms with Crippen LogP contribution in [-0.2, 0) is 6.42 Å². The van der Waals surface area contributed by atoms with Crippen LogP contribution in [0.4, 0.5) is 0 Å². The van der Waals surface area contributed by atoms with Gasteiger partial charge in [0.05, 0.1) is 19.0 Å². The van der Waals surface area contributed by atoms with Crippen LogP contribution in [0.15, 0.2) is 18.3 Å². The molecule has 0 spiro atoms. The summed E-state index contributed by atoms with van der Waals surface area (Å²) in [5.74, 6) is 1.77. The number of H-pyrrole nitrogens is 1. The number of methoxy groups -OCH3 is 1. The summed E-state index contributed by atoms with van der Waals surface area (Å²) >= 11 is 0. The lowest BCUT2D eigenvalue weighted by molar-refractivity contribution is 0.416. The summed E-state index contributed by atoms with van der Waals surface area (Å²) in [6, 6.07) is 4.17. The van der Waals surface area contributed by atoms with Crippen molar-refractivity contribution in [3.63, 3.8) is 0 Å². The smallest absolute Gasteiger partial charge is 0.128 e. The number of aryl methyl sites for hydroxylation is 2. The Morgan fingerprint density at radius 1 is 1.28 bits per heavy atom. The Morgan fingerprint density at radius 3 is 2.67 bits per heavy atom. The van der Waals surface area contributed by atoms with Gasteiger partial charge in [0.15, 0.2) is 0 Å². The van der Waals surface area contributed by atoms with E-state index in [-0.39, 0.29) is 0 Å². The molecule has 1 aromatic carbocycles. The molecule has 0 bridgehead atoms. The van der Waals surface area contributed by atoms with Crippen molar-refractivity contribution in [1.29, 1.82) is 0 Å². The van der Waals surface area contributed by atoms with Crippen LogP contribution in [0.2, 0.25) is 0 Å². The van der Waals surface area contributed by atoms with Gasteiger partial charge in [-0.05, 0) is 43.7 Å². The standard InChI is InChI=1S/C14H19N3O/c1-9-6-11(13(18-3)7-10(9)2)12-8-16-14(17-12)4-5-15/h6-8H,4-5,15H2,1-3H3,(H,16,17). The van der Waals surface area contributed by atoms with Gasteiger partial charge in [-0.15, -0.1) is 0 Å². The number of hydrogen-bond donors (Lipinski definition) is 2. The molecular formula is C14H19N3O. The van der Waals surface area contributed by atoms with Crippen molar-refractivity contribution >= 4 is 0 Å². The lowest BCUT2D eigenvalue weighted by atomic mass is 10.0. The largest absolute Gasteiger partial charge is 0.496 e. The molecule has 96 valence electrons. The van der Waals surface area contributed by atoms with Crippen molar-refractivity contribution in [3.8, 4) is 17.0 Å². The molecule has 0 amide bonds. The second kappa shape index (κ2) is 5.23. The first kappa shape index (κ1) is 12.6. The Hall–Kier alpha value is -1.81. The maximum Gasteiger partial charge on any atom is 0.128 e. The minimum absolute atomic E-state index is 0.594. The molecule has 1 heterocycles. The molecule has 0 aliphatic heterocycles. The van der Waals surface area contributed by atoms with Gasteiger partial charge < -0.3 is 15.5 Å². The van der Waals surface area contributed by atoms with Gasteiger partial charge in [0.1, 0.15) is 11.6 Å². The maximum atomic E-state index is 5.52. The van der Waals surface area contributed by atoms with E-state index in [4.69, 9.17) is 10.5 Å². The summed E-state index contributed by atoms with van der Waals surface area (Å²) < 4.78 is 5.43. The number of nitrogens with zero attached hydrogens (tertiary/aromatic N) is 1. The average molecular weight is 245 g/mol. The predicted octanol–water partition coefficient (Wildman–Crippen LogP) is 2.20. The van der Waals surface area contributed by atoms with Crippen molar-refractivity contribution in [2.45, 2.75) is 20.3 Å². The van der Waals surface area contributed by atoms with Crippen LogP contribution in [0.1, 0.15) is 17.0 Å². The number of benzene rings is 1. The molecule has 18 heavy (non-hydrogen) atoms. The summed E-state index contributed by atoms with van der Waals surface area (Å²) in [6.45, 7) is 4.76. The highest BCUT2D eigenvalue weighted by atomic mass is 16.5. The Labute approximate surface area is 107 Å². The van der Waals surface area contributed by atoms with E-state index in [2.05, 4.69) is 29.9 Å². The SMILES string of the molecule is COc1cc(C)c(C)cc1-c1cnc(CCN)[nH]1. The third-order valence-corrected chi connectivity index (χ3v) is 3.12. The van der Waals surface area contributed by atoms with E-state index in [1.807, 2.05) is 12.3 Å². The molecule has 0 unspecified atom stereocenters. The quantitative estimate of drug-likeness (QED) is 0.868. The lowest BCUT2D eigenvalue weighted by Crippen LogP contribution is -2.03. The molecule has 3 N–H and O–H groups in total. The number of rotatable bonds is 4. The zero-order chi connectivity index (χ0) is 13.1.